The molecule has 2 aromatic carbocycles. The molecule has 0 aliphatic carbocycles. The van der Waals surface area contributed by atoms with Gasteiger partial charge >= 0.3 is 0 Å². The van der Waals surface area contributed by atoms with Crippen molar-refractivity contribution in [1.29, 1.82) is 0 Å². The molecule has 3 heterocycles. The van der Waals surface area contributed by atoms with Gasteiger partial charge in [0.1, 0.15) is 0 Å². The first-order valence-electron chi connectivity index (χ1n) is 13.9. The van der Waals surface area contributed by atoms with E-state index in [9.17, 15) is 23.5 Å². The van der Waals surface area contributed by atoms with Gasteiger partial charge in [-0.1, -0.05) is 46.4 Å². The number of hydrogen-bond donors (Lipinski definition) is 2. The van der Waals surface area contributed by atoms with Crippen molar-refractivity contribution < 1.29 is 23.5 Å². The second-order valence-corrected chi connectivity index (χ2v) is 13.1. The van der Waals surface area contributed by atoms with Crippen LogP contribution in [0.5, 0.6) is 0 Å². The number of nitrogens with one attached hydrogen (secondary N) is 1. The van der Waals surface area contributed by atoms with Crippen LogP contribution in [0.2, 0.25) is 20.1 Å². The van der Waals surface area contributed by atoms with E-state index in [2.05, 4.69) is 10.2 Å². The SMILES string of the molecule is C[C@@](O)(C(=O)N1CCC(N2CC(Nc3cc(Cl)c(C(=O)N4CCC(F)(F)CC4)c(Cl)c3)C2)CC1)c1cc(Cl)ccc1Cl.S. The molecule has 3 saturated heterocycles. The number of halogens is 6. The van der Waals surface area contributed by atoms with Crippen molar-refractivity contribution in [3.05, 3.63) is 61.5 Å². The standard InChI is InChI=1S/C29H32Cl4F2N4O3.H2S/c1-28(42,21-12-17(30)2-3-22(21)31)27(41)38-8-4-20(5-9-38)39-15-19(16-39)36-18-13-23(32)25(24(33)14-18)26(40)37-10-6-29(34,35)7-11-37;/h2-3,12-14,19-20,36,42H,4-11,15-16H2,1H3;1H2/t28-;/m0./s1. The molecule has 7 nitrogen and oxygen atoms in total. The summed E-state index contributed by atoms with van der Waals surface area (Å²) < 4.78 is 27.0. The fourth-order valence-electron chi connectivity index (χ4n) is 5.92. The molecule has 0 saturated carbocycles. The van der Waals surface area contributed by atoms with Crippen molar-refractivity contribution in [1.82, 2.24) is 14.7 Å². The molecular formula is C29H34Cl4F2N4O3S. The molecule has 5 rings (SSSR count). The fourth-order valence-corrected chi connectivity index (χ4v) is 7.04. The molecule has 3 fully saturated rings. The van der Waals surface area contributed by atoms with E-state index < -0.39 is 23.3 Å². The van der Waals surface area contributed by atoms with E-state index in [-0.39, 0.29) is 71.7 Å². The van der Waals surface area contributed by atoms with Gasteiger partial charge in [0.2, 0.25) is 0 Å². The predicted octanol–water partition coefficient (Wildman–Crippen LogP) is 6.28. The highest BCUT2D eigenvalue weighted by molar-refractivity contribution is 7.59. The van der Waals surface area contributed by atoms with E-state index >= 15 is 0 Å². The molecule has 3 aliphatic heterocycles. The van der Waals surface area contributed by atoms with Crippen molar-refractivity contribution in [3.63, 3.8) is 0 Å². The Morgan fingerprint density at radius 1 is 0.930 bits per heavy atom. The Morgan fingerprint density at radius 3 is 2.09 bits per heavy atom. The molecule has 43 heavy (non-hydrogen) atoms. The Kier molecular flexibility index (Phi) is 10.7. The molecule has 2 amide bonds. The average molecular weight is 698 g/mol. The lowest BCUT2D eigenvalue weighted by Gasteiger charge is -2.48. The van der Waals surface area contributed by atoms with Gasteiger partial charge in [0.05, 0.1) is 21.7 Å². The molecule has 0 unspecified atom stereocenters. The molecule has 14 heteroatoms. The molecule has 2 N–H and O–H groups in total. The van der Waals surface area contributed by atoms with Crippen molar-refractivity contribution in [2.45, 2.75) is 56.2 Å². The number of alkyl halides is 2. The molecule has 0 spiro atoms. The summed E-state index contributed by atoms with van der Waals surface area (Å²) in [5.74, 6) is -3.60. The van der Waals surface area contributed by atoms with Gasteiger partial charge < -0.3 is 20.2 Å². The number of rotatable bonds is 6. The van der Waals surface area contributed by atoms with Crippen LogP contribution in [0.3, 0.4) is 0 Å². The van der Waals surface area contributed by atoms with E-state index in [1.54, 1.807) is 29.2 Å². The van der Waals surface area contributed by atoms with Gasteiger partial charge in [0, 0.05) is 79.4 Å². The maximum absolute atomic E-state index is 13.5. The number of nitrogens with zero attached hydrogens (tertiary/aromatic N) is 3. The first-order valence-corrected chi connectivity index (χ1v) is 15.4. The number of aliphatic hydroxyl groups is 1. The zero-order valence-electron chi connectivity index (χ0n) is 23.5. The van der Waals surface area contributed by atoms with E-state index in [0.717, 1.165) is 25.9 Å². The maximum atomic E-state index is 13.5. The minimum Gasteiger partial charge on any atom is -0.380 e. The lowest BCUT2D eigenvalue weighted by Crippen LogP contribution is -2.61. The number of carbonyl (C=O) groups is 2. The predicted molar refractivity (Wildman–Crippen MR) is 172 cm³/mol. The third-order valence-electron chi connectivity index (χ3n) is 8.46. The lowest BCUT2D eigenvalue weighted by atomic mass is 9.92. The second kappa shape index (κ2) is 13.4. The number of amides is 2. The Balaban J connectivity index is 0.00000423. The molecule has 0 bridgehead atoms. The van der Waals surface area contributed by atoms with Gasteiger partial charge in [-0.3, -0.25) is 14.5 Å². The van der Waals surface area contributed by atoms with Crippen molar-refractivity contribution in [2.75, 3.05) is 44.6 Å². The Hall–Kier alpha value is -1.53. The lowest BCUT2D eigenvalue weighted by molar-refractivity contribution is -0.152. The summed E-state index contributed by atoms with van der Waals surface area (Å²) in [6.07, 6.45) is 0.795. The Morgan fingerprint density at radius 2 is 1.51 bits per heavy atom. The minimum absolute atomic E-state index is 0. The van der Waals surface area contributed by atoms with Gasteiger partial charge in [0.15, 0.2) is 5.60 Å². The summed E-state index contributed by atoms with van der Waals surface area (Å²) in [4.78, 5) is 31.5. The van der Waals surface area contributed by atoms with Crippen molar-refractivity contribution >= 4 is 77.4 Å². The monoisotopic (exact) mass is 696 g/mol. The Labute approximate surface area is 276 Å². The normalized spacial score (nSPS) is 21.0. The smallest absolute Gasteiger partial charge is 0.258 e. The van der Waals surface area contributed by atoms with Crippen molar-refractivity contribution in [3.8, 4) is 0 Å². The molecule has 0 aromatic heterocycles. The third kappa shape index (κ3) is 7.48. The van der Waals surface area contributed by atoms with Crippen LogP contribution < -0.4 is 5.32 Å². The van der Waals surface area contributed by atoms with Gasteiger partial charge in [-0.05, 0) is 50.1 Å². The van der Waals surface area contributed by atoms with Gasteiger partial charge in [-0.2, -0.15) is 13.5 Å². The average Bonchev–Trinajstić information content (AvgIpc) is 2.91. The van der Waals surface area contributed by atoms with Crippen LogP contribution in [0.25, 0.3) is 0 Å². The minimum atomic E-state index is -2.75. The Bertz CT molecular complexity index is 1340. The largest absolute Gasteiger partial charge is 0.380 e. The summed E-state index contributed by atoms with van der Waals surface area (Å²) in [5, 5.41) is 15.5. The van der Waals surface area contributed by atoms with E-state index in [1.807, 2.05) is 0 Å². The van der Waals surface area contributed by atoms with E-state index in [0.29, 0.717) is 29.8 Å². The van der Waals surface area contributed by atoms with Crippen LogP contribution >= 0.6 is 59.9 Å². The summed E-state index contributed by atoms with van der Waals surface area (Å²) in [6.45, 7) is 3.96. The van der Waals surface area contributed by atoms with Crippen LogP contribution in [-0.2, 0) is 10.4 Å². The van der Waals surface area contributed by atoms with Crippen LogP contribution in [0.4, 0.5) is 14.5 Å². The highest BCUT2D eigenvalue weighted by Gasteiger charge is 2.41. The van der Waals surface area contributed by atoms with E-state index in [4.69, 9.17) is 46.4 Å². The van der Waals surface area contributed by atoms with Gasteiger partial charge in [0.25, 0.3) is 17.7 Å². The summed E-state index contributed by atoms with van der Waals surface area (Å²) in [6, 6.07) is 8.43. The highest BCUT2D eigenvalue weighted by Crippen LogP contribution is 2.36. The quantitative estimate of drug-likeness (QED) is 0.372. The topological polar surface area (TPSA) is 76.1 Å². The zero-order chi connectivity index (χ0) is 30.4. The van der Waals surface area contributed by atoms with Crippen LogP contribution in [0.15, 0.2) is 30.3 Å². The van der Waals surface area contributed by atoms with Gasteiger partial charge in [-0.25, -0.2) is 8.78 Å². The van der Waals surface area contributed by atoms with Crippen molar-refractivity contribution in [2.24, 2.45) is 0 Å². The summed E-state index contributed by atoms with van der Waals surface area (Å²) in [5.41, 5.74) is -0.693. The van der Waals surface area contributed by atoms with E-state index in [1.165, 1.54) is 17.9 Å². The van der Waals surface area contributed by atoms with Crippen LogP contribution in [0.1, 0.15) is 48.5 Å². The molecular weight excluding hydrogens is 664 g/mol. The number of hydrogen-bond acceptors (Lipinski definition) is 5. The molecule has 236 valence electrons. The zero-order valence-corrected chi connectivity index (χ0v) is 27.5. The third-order valence-corrected chi connectivity index (χ3v) is 9.62. The second-order valence-electron chi connectivity index (χ2n) is 11.5. The first kappa shape index (κ1) is 34.3. The molecule has 0 radical (unpaired) electrons. The summed E-state index contributed by atoms with van der Waals surface area (Å²) in [7, 11) is 0. The number of piperidine rings is 2. The number of likely N-dealkylation sites (tertiary alicyclic amines) is 3. The molecule has 1 atom stereocenters. The molecule has 3 aliphatic rings. The number of carbonyl (C=O) groups excluding carboxylic acids is 2. The number of anilines is 1. The number of benzene rings is 2. The molecule has 2 aromatic rings. The first-order chi connectivity index (χ1) is 19.7. The van der Waals surface area contributed by atoms with Crippen LogP contribution in [0, 0.1) is 0 Å². The maximum Gasteiger partial charge on any atom is 0.258 e. The highest BCUT2D eigenvalue weighted by atomic mass is 35.5. The van der Waals surface area contributed by atoms with Crippen LogP contribution in [-0.4, -0.2) is 88.9 Å². The summed E-state index contributed by atoms with van der Waals surface area (Å²) >= 11 is 25.2. The van der Waals surface area contributed by atoms with Gasteiger partial charge in [-0.15, -0.1) is 0 Å². The fraction of sp³-hybridized carbons (Fsp3) is 0.517.